The molecule has 0 aliphatic heterocycles. The Balaban J connectivity index is 1.88. The summed E-state index contributed by atoms with van der Waals surface area (Å²) in [4.78, 5) is 12.0. The Bertz CT molecular complexity index is 599. The third-order valence-corrected chi connectivity index (χ3v) is 3.71. The van der Waals surface area contributed by atoms with E-state index in [9.17, 15) is 9.18 Å². The summed E-state index contributed by atoms with van der Waals surface area (Å²) in [7, 11) is 0. The second kappa shape index (κ2) is 7.10. The zero-order valence-electron chi connectivity index (χ0n) is 11.1. The number of ether oxygens (including phenoxy) is 1. The van der Waals surface area contributed by atoms with Crippen molar-refractivity contribution in [2.45, 2.75) is 11.8 Å². The molecule has 0 amide bonds. The van der Waals surface area contributed by atoms with E-state index in [1.807, 2.05) is 6.07 Å². The van der Waals surface area contributed by atoms with E-state index in [1.165, 1.54) is 24.8 Å². The van der Waals surface area contributed by atoms with Crippen LogP contribution < -0.4 is 4.74 Å². The van der Waals surface area contributed by atoms with Crippen molar-refractivity contribution >= 4 is 17.5 Å². The molecule has 2 nitrogen and oxygen atoms in total. The van der Waals surface area contributed by atoms with E-state index < -0.39 is 0 Å². The van der Waals surface area contributed by atoms with Gasteiger partial charge in [-0.1, -0.05) is 24.3 Å². The molecule has 0 radical (unpaired) electrons. The number of thioether (sulfide) groups is 1. The lowest BCUT2D eigenvalue weighted by Gasteiger charge is -2.09. The number of carbonyl (C=O) groups excluding carboxylic acids is 1. The van der Waals surface area contributed by atoms with Crippen molar-refractivity contribution in [3.63, 3.8) is 0 Å². The van der Waals surface area contributed by atoms with Crippen LogP contribution in [-0.4, -0.2) is 18.1 Å². The molecule has 2 rings (SSSR count). The first-order valence-corrected chi connectivity index (χ1v) is 7.27. The lowest BCUT2D eigenvalue weighted by Crippen LogP contribution is -2.04. The average Bonchev–Trinajstić information content (AvgIpc) is 2.45. The molecule has 0 aliphatic carbocycles. The molecule has 0 N–H and O–H groups in total. The summed E-state index contributed by atoms with van der Waals surface area (Å²) in [5, 5.41) is 0. The quantitative estimate of drug-likeness (QED) is 0.453. The number of rotatable bonds is 6. The maximum atomic E-state index is 13.4. The minimum Gasteiger partial charge on any atom is -0.492 e. The van der Waals surface area contributed by atoms with Crippen LogP contribution in [0.1, 0.15) is 17.3 Å². The molecule has 20 heavy (non-hydrogen) atoms. The van der Waals surface area contributed by atoms with E-state index in [0.29, 0.717) is 28.6 Å². The minimum atomic E-state index is -0.221. The van der Waals surface area contributed by atoms with E-state index in [4.69, 9.17) is 4.74 Å². The molecule has 0 bridgehead atoms. The molecule has 0 atom stereocenters. The summed E-state index contributed by atoms with van der Waals surface area (Å²) in [6.07, 6.45) is 0. The molecule has 0 unspecified atom stereocenters. The topological polar surface area (TPSA) is 26.3 Å². The van der Waals surface area contributed by atoms with E-state index in [2.05, 4.69) is 0 Å². The highest BCUT2D eigenvalue weighted by Gasteiger charge is 2.07. The molecule has 0 spiro atoms. The second-order valence-corrected chi connectivity index (χ2v) is 5.32. The number of benzene rings is 2. The Kier molecular flexibility index (Phi) is 5.18. The van der Waals surface area contributed by atoms with Gasteiger partial charge in [-0.05, 0) is 31.2 Å². The zero-order valence-corrected chi connectivity index (χ0v) is 12.0. The number of halogens is 1. The number of Topliss-reactive ketones (excluding diaryl/α,β-unsaturated/α-hetero) is 1. The fourth-order valence-electron chi connectivity index (χ4n) is 1.75. The van der Waals surface area contributed by atoms with Crippen molar-refractivity contribution in [2.75, 3.05) is 12.4 Å². The number of carbonyl (C=O) groups is 1. The Morgan fingerprint density at radius 1 is 1.15 bits per heavy atom. The maximum absolute atomic E-state index is 13.4. The standard InChI is InChI=1S/C16H15FO2S/c1-12(18)13-6-2-4-8-15(13)19-10-11-20-16-9-5-3-7-14(16)17/h2-9H,10-11H2,1H3. The normalized spacial score (nSPS) is 10.3. The number of hydrogen-bond acceptors (Lipinski definition) is 3. The van der Waals surface area contributed by atoms with E-state index in [1.54, 1.807) is 36.4 Å². The van der Waals surface area contributed by atoms with Gasteiger partial charge in [0, 0.05) is 10.6 Å². The summed E-state index contributed by atoms with van der Waals surface area (Å²) < 4.78 is 19.0. The monoisotopic (exact) mass is 290 g/mol. The Morgan fingerprint density at radius 2 is 1.85 bits per heavy atom. The molecule has 0 aliphatic rings. The van der Waals surface area contributed by atoms with Crippen molar-refractivity contribution in [3.05, 3.63) is 59.9 Å². The van der Waals surface area contributed by atoms with Crippen LogP contribution in [0.5, 0.6) is 5.75 Å². The molecule has 2 aromatic rings. The van der Waals surface area contributed by atoms with Crippen LogP contribution >= 0.6 is 11.8 Å². The third-order valence-electron chi connectivity index (χ3n) is 2.70. The number of para-hydroxylation sites is 1. The predicted octanol–water partition coefficient (Wildman–Crippen LogP) is 4.20. The van der Waals surface area contributed by atoms with Gasteiger partial charge in [-0.15, -0.1) is 11.8 Å². The van der Waals surface area contributed by atoms with Crippen molar-refractivity contribution in [1.82, 2.24) is 0 Å². The molecular formula is C16H15FO2S. The van der Waals surface area contributed by atoms with Gasteiger partial charge in [-0.25, -0.2) is 4.39 Å². The fourth-order valence-corrected chi connectivity index (χ4v) is 2.52. The van der Waals surface area contributed by atoms with Crippen LogP contribution in [0.3, 0.4) is 0 Å². The lowest BCUT2D eigenvalue weighted by atomic mass is 10.1. The maximum Gasteiger partial charge on any atom is 0.163 e. The van der Waals surface area contributed by atoms with Gasteiger partial charge in [0.15, 0.2) is 5.78 Å². The zero-order chi connectivity index (χ0) is 14.4. The van der Waals surface area contributed by atoms with Crippen LogP contribution in [-0.2, 0) is 0 Å². The first-order valence-electron chi connectivity index (χ1n) is 6.28. The molecule has 4 heteroatoms. The second-order valence-electron chi connectivity index (χ2n) is 4.18. The van der Waals surface area contributed by atoms with Gasteiger partial charge in [0.25, 0.3) is 0 Å². The summed E-state index contributed by atoms with van der Waals surface area (Å²) in [5.74, 6) is 0.950. The molecule has 0 aromatic heterocycles. The first kappa shape index (κ1) is 14.6. The van der Waals surface area contributed by atoms with Crippen LogP contribution in [0.25, 0.3) is 0 Å². The highest BCUT2D eigenvalue weighted by molar-refractivity contribution is 7.99. The van der Waals surface area contributed by atoms with Gasteiger partial charge in [0.1, 0.15) is 11.6 Å². The van der Waals surface area contributed by atoms with Gasteiger partial charge < -0.3 is 4.74 Å². The fraction of sp³-hybridized carbons (Fsp3) is 0.188. The highest BCUT2D eigenvalue weighted by Crippen LogP contribution is 2.22. The van der Waals surface area contributed by atoms with Crippen molar-refractivity contribution < 1.29 is 13.9 Å². The Hall–Kier alpha value is -1.81. The van der Waals surface area contributed by atoms with Crippen LogP contribution in [0, 0.1) is 5.82 Å². The predicted molar refractivity (Wildman–Crippen MR) is 79.1 cm³/mol. The summed E-state index contributed by atoms with van der Waals surface area (Å²) in [5.41, 5.74) is 0.573. The largest absolute Gasteiger partial charge is 0.492 e. The summed E-state index contributed by atoms with van der Waals surface area (Å²) in [6.45, 7) is 1.93. The van der Waals surface area contributed by atoms with E-state index in [-0.39, 0.29) is 11.6 Å². The van der Waals surface area contributed by atoms with Gasteiger partial charge in [0.05, 0.1) is 12.2 Å². The first-order chi connectivity index (χ1) is 9.68. The minimum absolute atomic E-state index is 0.0256. The van der Waals surface area contributed by atoms with Gasteiger partial charge in [-0.2, -0.15) is 0 Å². The third kappa shape index (κ3) is 3.84. The van der Waals surface area contributed by atoms with Crippen molar-refractivity contribution in [3.8, 4) is 5.75 Å². The molecule has 104 valence electrons. The summed E-state index contributed by atoms with van der Waals surface area (Å²) in [6, 6.07) is 13.8. The molecular weight excluding hydrogens is 275 g/mol. The van der Waals surface area contributed by atoms with Gasteiger partial charge >= 0.3 is 0 Å². The number of hydrogen-bond donors (Lipinski definition) is 0. The average molecular weight is 290 g/mol. The SMILES string of the molecule is CC(=O)c1ccccc1OCCSc1ccccc1F. The lowest BCUT2D eigenvalue weighted by molar-refractivity contribution is 0.101. The molecule has 0 saturated carbocycles. The van der Waals surface area contributed by atoms with Crippen LogP contribution in [0.15, 0.2) is 53.4 Å². The smallest absolute Gasteiger partial charge is 0.163 e. The van der Waals surface area contributed by atoms with Gasteiger partial charge in [0.2, 0.25) is 0 Å². The molecule has 0 heterocycles. The van der Waals surface area contributed by atoms with Crippen LogP contribution in [0.4, 0.5) is 4.39 Å². The van der Waals surface area contributed by atoms with E-state index in [0.717, 1.165) is 0 Å². The highest BCUT2D eigenvalue weighted by atomic mass is 32.2. The number of ketones is 1. The molecule has 2 aromatic carbocycles. The summed E-state index contributed by atoms with van der Waals surface area (Å²) >= 11 is 1.40. The molecule has 0 fully saturated rings. The Morgan fingerprint density at radius 3 is 2.60 bits per heavy atom. The van der Waals surface area contributed by atoms with Crippen LogP contribution in [0.2, 0.25) is 0 Å². The van der Waals surface area contributed by atoms with Crippen molar-refractivity contribution in [2.24, 2.45) is 0 Å². The van der Waals surface area contributed by atoms with Crippen molar-refractivity contribution in [1.29, 1.82) is 0 Å². The Labute approximate surface area is 122 Å². The molecule has 0 saturated heterocycles. The van der Waals surface area contributed by atoms with Gasteiger partial charge in [-0.3, -0.25) is 4.79 Å². The van der Waals surface area contributed by atoms with E-state index >= 15 is 0 Å².